The number of hydrogen-bond donors (Lipinski definition) is 1. The van der Waals surface area contributed by atoms with E-state index in [0.29, 0.717) is 17.7 Å². The summed E-state index contributed by atoms with van der Waals surface area (Å²) in [6, 6.07) is 0.0337. The molecule has 0 aromatic rings. The second-order valence-corrected chi connectivity index (χ2v) is 6.12. The first-order chi connectivity index (χ1) is 8.04. The van der Waals surface area contributed by atoms with Crippen LogP contribution in [0.4, 0.5) is 0 Å². The Kier molecular flexibility index (Phi) is 3.76. The molecule has 1 amide bonds. The molecule has 0 aromatic carbocycles. The lowest BCUT2D eigenvalue weighted by Gasteiger charge is -2.26. The molecule has 2 aliphatic rings. The summed E-state index contributed by atoms with van der Waals surface area (Å²) in [7, 11) is 0. The maximum absolute atomic E-state index is 12.4. The summed E-state index contributed by atoms with van der Waals surface area (Å²) in [5.74, 6) is 2.25. The Hall–Kier alpha value is -0.570. The Morgan fingerprint density at radius 1 is 1.35 bits per heavy atom. The van der Waals surface area contributed by atoms with Gasteiger partial charge in [-0.15, -0.1) is 0 Å². The van der Waals surface area contributed by atoms with Gasteiger partial charge in [0.05, 0.1) is 12.2 Å². The summed E-state index contributed by atoms with van der Waals surface area (Å²) in [4.78, 5) is 14.4. The van der Waals surface area contributed by atoms with Crippen LogP contribution in [-0.4, -0.2) is 29.6 Å². The molecule has 3 nitrogen and oxygen atoms in total. The largest absolute Gasteiger partial charge is 0.326 e. The van der Waals surface area contributed by atoms with Crippen molar-refractivity contribution < 1.29 is 4.79 Å². The zero-order valence-electron chi connectivity index (χ0n) is 11.6. The number of amides is 1. The molecule has 0 radical (unpaired) electrons. The molecule has 0 spiro atoms. The van der Waals surface area contributed by atoms with E-state index in [4.69, 9.17) is 0 Å². The van der Waals surface area contributed by atoms with Crippen molar-refractivity contribution in [1.82, 2.24) is 10.2 Å². The highest BCUT2D eigenvalue weighted by atomic mass is 16.2. The average molecular weight is 238 g/mol. The molecule has 1 aliphatic carbocycles. The number of rotatable bonds is 5. The standard InChI is InChI=1S/C14H26N2O/c1-5-12-15-13(9(2)3)14(17)16(12)8-10(4)11-6-7-11/h9-13,15H,5-8H2,1-4H3. The zero-order valence-corrected chi connectivity index (χ0v) is 11.6. The monoisotopic (exact) mass is 238 g/mol. The molecule has 3 unspecified atom stereocenters. The molecule has 1 aliphatic heterocycles. The minimum absolute atomic E-state index is 0.0337. The molecule has 1 saturated heterocycles. The minimum atomic E-state index is 0.0337. The molecule has 2 rings (SSSR count). The average Bonchev–Trinajstić information content (AvgIpc) is 3.06. The highest BCUT2D eigenvalue weighted by molar-refractivity contribution is 5.84. The van der Waals surface area contributed by atoms with Gasteiger partial charge in [-0.1, -0.05) is 27.7 Å². The van der Waals surface area contributed by atoms with Crippen LogP contribution in [0.5, 0.6) is 0 Å². The third kappa shape index (κ3) is 2.65. The lowest BCUT2D eigenvalue weighted by Crippen LogP contribution is -2.39. The van der Waals surface area contributed by atoms with E-state index in [2.05, 4.69) is 37.9 Å². The SMILES string of the molecule is CCC1NC(C(C)C)C(=O)N1CC(C)C1CC1. The Morgan fingerprint density at radius 3 is 2.47 bits per heavy atom. The van der Waals surface area contributed by atoms with Crippen molar-refractivity contribution in [2.75, 3.05) is 6.54 Å². The molecular formula is C14H26N2O. The third-order valence-corrected chi connectivity index (χ3v) is 4.26. The zero-order chi connectivity index (χ0) is 12.6. The Bertz CT molecular complexity index is 286. The maximum atomic E-state index is 12.4. The van der Waals surface area contributed by atoms with Crippen LogP contribution in [-0.2, 0) is 4.79 Å². The van der Waals surface area contributed by atoms with Gasteiger partial charge in [-0.3, -0.25) is 10.1 Å². The molecule has 1 N–H and O–H groups in total. The summed E-state index contributed by atoms with van der Waals surface area (Å²) in [5, 5.41) is 3.48. The molecule has 1 saturated carbocycles. The van der Waals surface area contributed by atoms with Gasteiger partial charge in [0.15, 0.2) is 0 Å². The number of nitrogens with one attached hydrogen (secondary N) is 1. The smallest absolute Gasteiger partial charge is 0.241 e. The Morgan fingerprint density at radius 2 is 2.00 bits per heavy atom. The maximum Gasteiger partial charge on any atom is 0.241 e. The van der Waals surface area contributed by atoms with Crippen molar-refractivity contribution >= 4 is 5.91 Å². The first-order valence-corrected chi connectivity index (χ1v) is 7.11. The summed E-state index contributed by atoms with van der Waals surface area (Å²) in [5.41, 5.74) is 0. The molecule has 0 bridgehead atoms. The number of carbonyl (C=O) groups excluding carboxylic acids is 1. The quantitative estimate of drug-likeness (QED) is 0.796. The van der Waals surface area contributed by atoms with E-state index in [0.717, 1.165) is 18.9 Å². The summed E-state index contributed by atoms with van der Waals surface area (Å²) in [6.07, 6.45) is 3.99. The van der Waals surface area contributed by atoms with Gasteiger partial charge >= 0.3 is 0 Å². The topological polar surface area (TPSA) is 32.3 Å². The van der Waals surface area contributed by atoms with E-state index in [1.54, 1.807) is 0 Å². The van der Waals surface area contributed by atoms with Crippen LogP contribution in [0.25, 0.3) is 0 Å². The van der Waals surface area contributed by atoms with Gasteiger partial charge in [0.2, 0.25) is 5.91 Å². The van der Waals surface area contributed by atoms with Crippen LogP contribution in [0.3, 0.4) is 0 Å². The molecule has 2 fully saturated rings. The number of carbonyl (C=O) groups is 1. The molecule has 3 atom stereocenters. The second-order valence-electron chi connectivity index (χ2n) is 6.12. The highest BCUT2D eigenvalue weighted by Crippen LogP contribution is 2.37. The lowest BCUT2D eigenvalue weighted by molar-refractivity contribution is -0.131. The Balaban J connectivity index is 2.00. The fourth-order valence-electron chi connectivity index (χ4n) is 2.86. The molecule has 17 heavy (non-hydrogen) atoms. The van der Waals surface area contributed by atoms with Gasteiger partial charge in [0.25, 0.3) is 0 Å². The van der Waals surface area contributed by atoms with Gasteiger partial charge < -0.3 is 4.90 Å². The van der Waals surface area contributed by atoms with Gasteiger partial charge in [-0.25, -0.2) is 0 Å². The van der Waals surface area contributed by atoms with Crippen LogP contribution in [0.15, 0.2) is 0 Å². The molecule has 98 valence electrons. The van der Waals surface area contributed by atoms with Crippen LogP contribution >= 0.6 is 0 Å². The van der Waals surface area contributed by atoms with E-state index in [-0.39, 0.29) is 12.2 Å². The van der Waals surface area contributed by atoms with Crippen LogP contribution in [0, 0.1) is 17.8 Å². The molecule has 3 heteroatoms. The number of hydrogen-bond acceptors (Lipinski definition) is 2. The van der Waals surface area contributed by atoms with E-state index < -0.39 is 0 Å². The first kappa shape index (κ1) is 12.9. The van der Waals surface area contributed by atoms with Crippen LogP contribution < -0.4 is 5.32 Å². The molecule has 1 heterocycles. The van der Waals surface area contributed by atoms with Gasteiger partial charge in [0, 0.05) is 6.54 Å². The van der Waals surface area contributed by atoms with Gasteiger partial charge in [0.1, 0.15) is 0 Å². The van der Waals surface area contributed by atoms with Crippen molar-refractivity contribution in [3.8, 4) is 0 Å². The first-order valence-electron chi connectivity index (χ1n) is 7.11. The molecular weight excluding hydrogens is 212 g/mol. The van der Waals surface area contributed by atoms with E-state index in [9.17, 15) is 4.79 Å². The predicted molar refractivity (Wildman–Crippen MR) is 69.4 cm³/mol. The van der Waals surface area contributed by atoms with E-state index in [1.807, 2.05) is 0 Å². The summed E-state index contributed by atoms with van der Waals surface area (Å²) < 4.78 is 0. The van der Waals surface area contributed by atoms with Crippen LogP contribution in [0.2, 0.25) is 0 Å². The number of nitrogens with zero attached hydrogens (tertiary/aromatic N) is 1. The van der Waals surface area contributed by atoms with Crippen molar-refractivity contribution in [3.63, 3.8) is 0 Å². The molecule has 0 aromatic heterocycles. The fourth-order valence-corrected chi connectivity index (χ4v) is 2.86. The fraction of sp³-hybridized carbons (Fsp3) is 0.929. The van der Waals surface area contributed by atoms with Crippen LogP contribution in [0.1, 0.15) is 47.0 Å². The van der Waals surface area contributed by atoms with Crippen molar-refractivity contribution in [2.24, 2.45) is 17.8 Å². The van der Waals surface area contributed by atoms with E-state index >= 15 is 0 Å². The van der Waals surface area contributed by atoms with Crippen molar-refractivity contribution in [3.05, 3.63) is 0 Å². The third-order valence-electron chi connectivity index (χ3n) is 4.26. The lowest BCUT2D eigenvalue weighted by atomic mass is 10.0. The normalized spacial score (nSPS) is 31.4. The summed E-state index contributed by atoms with van der Waals surface area (Å²) >= 11 is 0. The van der Waals surface area contributed by atoms with Crippen molar-refractivity contribution in [1.29, 1.82) is 0 Å². The summed E-state index contributed by atoms with van der Waals surface area (Å²) in [6.45, 7) is 9.63. The van der Waals surface area contributed by atoms with E-state index in [1.165, 1.54) is 12.8 Å². The van der Waals surface area contributed by atoms with Gasteiger partial charge in [-0.05, 0) is 37.0 Å². The Labute approximate surface area is 105 Å². The van der Waals surface area contributed by atoms with Crippen molar-refractivity contribution in [2.45, 2.75) is 59.2 Å². The predicted octanol–water partition coefficient (Wildman–Crippen LogP) is 2.22. The van der Waals surface area contributed by atoms with Gasteiger partial charge in [-0.2, -0.15) is 0 Å². The highest BCUT2D eigenvalue weighted by Gasteiger charge is 2.41. The second kappa shape index (κ2) is 4.97. The minimum Gasteiger partial charge on any atom is -0.326 e.